The molecular formula is C22H36FN7O3. The summed E-state index contributed by atoms with van der Waals surface area (Å²) in [4.78, 5) is 36.4. The Morgan fingerprint density at radius 1 is 1.27 bits per heavy atom. The van der Waals surface area contributed by atoms with Gasteiger partial charge in [-0.3, -0.25) is 30.5 Å². The van der Waals surface area contributed by atoms with Gasteiger partial charge in [0, 0.05) is 25.2 Å². The normalized spacial score (nSPS) is 22.8. The Kier molecular flexibility index (Phi) is 8.41. The number of nitrogens with zero attached hydrogens (tertiary/aromatic N) is 5. The molecule has 3 N–H and O–H groups in total. The van der Waals surface area contributed by atoms with Crippen LogP contribution in [0.15, 0.2) is 0 Å². The van der Waals surface area contributed by atoms with Crippen LogP contribution in [-0.2, 0) is 9.59 Å². The van der Waals surface area contributed by atoms with Gasteiger partial charge in [-0.15, -0.1) is 0 Å². The fraction of sp³-hybridized carbons (Fsp3) is 0.727. The average molecular weight is 466 g/mol. The highest BCUT2D eigenvalue weighted by molar-refractivity contribution is 5.80. The Morgan fingerprint density at radius 3 is 2.64 bits per heavy atom. The number of hydrogen-bond donors (Lipinski definition) is 3. The van der Waals surface area contributed by atoms with Crippen molar-refractivity contribution in [2.24, 2.45) is 11.8 Å². The predicted octanol–water partition coefficient (Wildman–Crippen LogP) is 1.94. The lowest BCUT2D eigenvalue weighted by Gasteiger charge is -2.44. The highest BCUT2D eigenvalue weighted by atomic mass is 19.1. The summed E-state index contributed by atoms with van der Waals surface area (Å²) in [6.45, 7) is 7.09. The highest BCUT2D eigenvalue weighted by Crippen LogP contribution is 2.31. The van der Waals surface area contributed by atoms with Crippen molar-refractivity contribution in [1.82, 2.24) is 25.4 Å². The maximum absolute atomic E-state index is 15.4. The van der Waals surface area contributed by atoms with Crippen molar-refractivity contribution in [3.05, 3.63) is 11.6 Å². The Morgan fingerprint density at radius 2 is 1.97 bits per heavy atom. The van der Waals surface area contributed by atoms with Crippen LogP contribution in [0.5, 0.6) is 0 Å². The van der Waals surface area contributed by atoms with E-state index in [0.29, 0.717) is 29.8 Å². The van der Waals surface area contributed by atoms with Crippen molar-refractivity contribution in [3.63, 3.8) is 0 Å². The molecule has 0 radical (unpaired) electrons. The van der Waals surface area contributed by atoms with E-state index in [0.717, 1.165) is 32.2 Å². The van der Waals surface area contributed by atoms with Gasteiger partial charge < -0.3 is 4.90 Å². The van der Waals surface area contributed by atoms with Crippen LogP contribution in [0.2, 0.25) is 0 Å². The van der Waals surface area contributed by atoms with Crippen molar-refractivity contribution in [1.29, 1.82) is 0 Å². The van der Waals surface area contributed by atoms with E-state index in [1.54, 1.807) is 6.92 Å². The minimum absolute atomic E-state index is 0.0460. The smallest absolute Gasteiger partial charge is 0.243 e. The number of amides is 2. The summed E-state index contributed by atoms with van der Waals surface area (Å²) in [7, 11) is 2.04. The van der Waals surface area contributed by atoms with E-state index in [9.17, 15) is 14.8 Å². The summed E-state index contributed by atoms with van der Waals surface area (Å²) >= 11 is 0. The molecule has 2 fully saturated rings. The molecule has 10 nitrogen and oxygen atoms in total. The molecule has 1 saturated heterocycles. The molecule has 3 rings (SSSR count). The van der Waals surface area contributed by atoms with E-state index in [4.69, 9.17) is 0 Å². The van der Waals surface area contributed by atoms with Crippen molar-refractivity contribution in [3.8, 4) is 0 Å². The Bertz CT molecular complexity index is 836. The van der Waals surface area contributed by atoms with E-state index in [2.05, 4.69) is 32.6 Å². The lowest BCUT2D eigenvalue weighted by atomic mass is 9.92. The Balaban J connectivity index is 1.72. The highest BCUT2D eigenvalue weighted by Gasteiger charge is 2.32. The number of carbonyl (C=O) groups is 2. The number of hydrazine groups is 1. The molecule has 1 saturated carbocycles. The summed E-state index contributed by atoms with van der Waals surface area (Å²) < 4.78 is 15.4. The van der Waals surface area contributed by atoms with Gasteiger partial charge in [0.2, 0.25) is 18.1 Å². The number of anilines is 2. The molecule has 1 aliphatic carbocycles. The monoisotopic (exact) mass is 465 g/mol. The first kappa shape index (κ1) is 25.1. The number of nitrogens with one attached hydrogen (secondary N) is 2. The van der Waals surface area contributed by atoms with Gasteiger partial charge in [0.1, 0.15) is 5.82 Å². The zero-order valence-electron chi connectivity index (χ0n) is 19.9. The van der Waals surface area contributed by atoms with E-state index in [-0.39, 0.29) is 36.7 Å². The van der Waals surface area contributed by atoms with E-state index in [1.165, 1.54) is 0 Å². The number of piperazine rings is 1. The number of hydroxylamine groups is 2. The summed E-state index contributed by atoms with van der Waals surface area (Å²) in [6, 6.07) is 0.268. The Hall–Kier alpha value is -2.53. The van der Waals surface area contributed by atoms with Gasteiger partial charge in [0.05, 0.1) is 12.5 Å². The molecule has 184 valence electrons. The first-order valence-electron chi connectivity index (χ1n) is 11.7. The summed E-state index contributed by atoms with van der Waals surface area (Å²) in [5.41, 5.74) is 5.14. The number of aromatic nitrogens is 2. The molecule has 0 spiro atoms. The van der Waals surface area contributed by atoms with Gasteiger partial charge in [0.15, 0.2) is 11.6 Å². The quantitative estimate of drug-likeness (QED) is 0.288. The number of halogens is 1. The molecule has 0 bridgehead atoms. The number of likely N-dealkylation sites (N-methyl/N-ethyl adjacent to an activating group) is 1. The largest absolute Gasteiger partial charge is 0.348 e. The first-order chi connectivity index (χ1) is 15.7. The van der Waals surface area contributed by atoms with Crippen molar-refractivity contribution in [2.75, 3.05) is 37.0 Å². The lowest BCUT2D eigenvalue weighted by Crippen LogP contribution is -2.56. The summed E-state index contributed by atoms with van der Waals surface area (Å²) in [6.07, 6.45) is 5.10. The van der Waals surface area contributed by atoms with Gasteiger partial charge >= 0.3 is 0 Å². The van der Waals surface area contributed by atoms with Gasteiger partial charge in [-0.25, -0.2) is 15.0 Å². The van der Waals surface area contributed by atoms with Gasteiger partial charge in [-0.1, -0.05) is 25.7 Å². The minimum atomic E-state index is -0.631. The van der Waals surface area contributed by atoms with Crippen LogP contribution in [0, 0.1) is 24.6 Å². The van der Waals surface area contributed by atoms with Crippen molar-refractivity contribution >= 4 is 24.0 Å². The standard InChI is InChI=1S/C22H36FN7O3/c1-14-15(2)30(10-9-28(14)4)21-19(23)20(24-16(3)25-21)26-27-22(32)18(12-29(33)13-31)11-17-7-5-6-8-17/h13-15,17-18,33H,5-12H2,1-4H3,(H,27,32)(H,24,25,26)/t14-,15?,18?/m1/s1. The third-order valence-electron chi connectivity index (χ3n) is 7.09. The van der Waals surface area contributed by atoms with Crippen LogP contribution in [0.4, 0.5) is 16.0 Å². The number of hydrogen-bond acceptors (Lipinski definition) is 8. The van der Waals surface area contributed by atoms with Crippen molar-refractivity contribution < 1.29 is 19.2 Å². The molecule has 2 unspecified atom stereocenters. The topological polar surface area (TPSA) is 114 Å². The van der Waals surface area contributed by atoms with Gasteiger partial charge in [0.25, 0.3) is 0 Å². The fourth-order valence-corrected chi connectivity index (χ4v) is 4.82. The number of carbonyl (C=O) groups excluding carboxylic acids is 2. The minimum Gasteiger partial charge on any atom is -0.348 e. The molecule has 2 amide bonds. The second-order valence-corrected chi connectivity index (χ2v) is 9.34. The van der Waals surface area contributed by atoms with Crippen LogP contribution in [-0.4, -0.2) is 76.2 Å². The summed E-state index contributed by atoms with van der Waals surface area (Å²) in [5.74, 6) is -0.842. The van der Waals surface area contributed by atoms with Crippen LogP contribution in [0.1, 0.15) is 51.8 Å². The number of aryl methyl sites for hydroxylation is 1. The second-order valence-electron chi connectivity index (χ2n) is 9.34. The molecule has 1 aliphatic heterocycles. The summed E-state index contributed by atoms with van der Waals surface area (Å²) in [5, 5.41) is 10.1. The average Bonchev–Trinajstić information content (AvgIpc) is 3.30. The molecule has 2 heterocycles. The zero-order valence-corrected chi connectivity index (χ0v) is 19.9. The molecule has 2 aliphatic rings. The van der Waals surface area contributed by atoms with E-state index >= 15 is 4.39 Å². The maximum Gasteiger partial charge on any atom is 0.243 e. The number of rotatable bonds is 9. The molecule has 33 heavy (non-hydrogen) atoms. The van der Waals surface area contributed by atoms with Crippen LogP contribution >= 0.6 is 0 Å². The SMILES string of the molecule is Cc1nc(NNC(=O)C(CC2CCCC2)CN(O)C=O)c(F)c(N2CCN(C)[C@H](C)C2C)n1. The Labute approximate surface area is 194 Å². The van der Waals surface area contributed by atoms with Crippen molar-refractivity contribution in [2.45, 2.75) is 65.0 Å². The van der Waals surface area contributed by atoms with Gasteiger partial charge in [-0.2, -0.15) is 4.39 Å². The molecule has 11 heteroatoms. The molecule has 3 atom stereocenters. The van der Waals surface area contributed by atoms with Crippen LogP contribution < -0.4 is 15.8 Å². The van der Waals surface area contributed by atoms with E-state index < -0.39 is 17.6 Å². The predicted molar refractivity (Wildman–Crippen MR) is 122 cm³/mol. The van der Waals surface area contributed by atoms with E-state index in [1.807, 2.05) is 18.9 Å². The second kappa shape index (κ2) is 11.1. The van der Waals surface area contributed by atoms with Gasteiger partial charge in [-0.05, 0) is 40.2 Å². The van der Waals surface area contributed by atoms with Crippen LogP contribution in [0.3, 0.4) is 0 Å². The first-order valence-corrected chi connectivity index (χ1v) is 11.7. The van der Waals surface area contributed by atoms with Crippen LogP contribution in [0.25, 0.3) is 0 Å². The lowest BCUT2D eigenvalue weighted by molar-refractivity contribution is -0.154. The molecule has 1 aromatic rings. The zero-order chi connectivity index (χ0) is 24.1. The fourth-order valence-electron chi connectivity index (χ4n) is 4.82. The molecule has 0 aromatic carbocycles. The maximum atomic E-state index is 15.4. The molecular weight excluding hydrogens is 429 g/mol. The third kappa shape index (κ3) is 6.08. The molecule has 1 aromatic heterocycles. The third-order valence-corrected chi connectivity index (χ3v) is 7.09.